The minimum absolute atomic E-state index is 0.179. The molecule has 30 heavy (non-hydrogen) atoms. The van der Waals surface area contributed by atoms with Gasteiger partial charge in [-0.25, -0.2) is 4.39 Å². The maximum atomic E-state index is 14.5. The lowest BCUT2D eigenvalue weighted by Crippen LogP contribution is -2.31. The van der Waals surface area contributed by atoms with Crippen molar-refractivity contribution in [3.8, 4) is 0 Å². The summed E-state index contributed by atoms with van der Waals surface area (Å²) in [7, 11) is 0. The zero-order chi connectivity index (χ0) is 21.3. The van der Waals surface area contributed by atoms with E-state index in [0.29, 0.717) is 27.2 Å². The molecular formula is C24H22Cl3FN2. The molecule has 1 heterocycles. The van der Waals surface area contributed by atoms with Crippen LogP contribution in [0.25, 0.3) is 0 Å². The van der Waals surface area contributed by atoms with Crippen molar-refractivity contribution in [1.29, 1.82) is 0 Å². The highest BCUT2D eigenvalue weighted by Gasteiger charge is 2.36. The van der Waals surface area contributed by atoms with E-state index >= 15 is 0 Å². The molecule has 1 aliphatic heterocycles. The van der Waals surface area contributed by atoms with Gasteiger partial charge < -0.3 is 0 Å². The van der Waals surface area contributed by atoms with Crippen molar-refractivity contribution in [2.45, 2.75) is 26.2 Å². The van der Waals surface area contributed by atoms with Crippen LogP contribution in [0.3, 0.4) is 0 Å². The fraction of sp³-hybridized carbons (Fsp3) is 0.250. The van der Waals surface area contributed by atoms with Crippen LogP contribution in [0.5, 0.6) is 0 Å². The first-order valence-electron chi connectivity index (χ1n) is 9.85. The first-order valence-corrected chi connectivity index (χ1v) is 11.0. The summed E-state index contributed by atoms with van der Waals surface area (Å²) in [4.78, 5) is 4.53. The molecule has 0 bridgehead atoms. The van der Waals surface area contributed by atoms with Crippen LogP contribution < -0.4 is 0 Å². The molecule has 6 heteroatoms. The Labute approximate surface area is 191 Å². The van der Waals surface area contributed by atoms with Gasteiger partial charge in [0.15, 0.2) is 0 Å². The molecule has 0 aliphatic carbocycles. The van der Waals surface area contributed by atoms with E-state index in [1.54, 1.807) is 12.1 Å². The average molecular weight is 464 g/mol. The van der Waals surface area contributed by atoms with Crippen LogP contribution in [0.2, 0.25) is 15.1 Å². The normalized spacial score (nSPS) is 17.6. The highest BCUT2D eigenvalue weighted by atomic mass is 35.5. The Hall–Kier alpha value is -1.62. The Morgan fingerprint density at radius 2 is 1.40 bits per heavy atom. The molecule has 4 rings (SSSR count). The summed E-state index contributed by atoms with van der Waals surface area (Å²) in [6.45, 7) is 4.80. The van der Waals surface area contributed by atoms with Crippen molar-refractivity contribution in [2.24, 2.45) is 0 Å². The molecule has 0 N–H and O–H groups in total. The van der Waals surface area contributed by atoms with E-state index in [-0.39, 0.29) is 12.0 Å². The van der Waals surface area contributed by atoms with Crippen LogP contribution in [-0.4, -0.2) is 22.9 Å². The van der Waals surface area contributed by atoms with Crippen molar-refractivity contribution in [3.05, 3.63) is 104 Å². The molecule has 1 saturated heterocycles. The predicted molar refractivity (Wildman–Crippen MR) is 123 cm³/mol. The lowest BCUT2D eigenvalue weighted by molar-refractivity contribution is 0.125. The summed E-state index contributed by atoms with van der Waals surface area (Å²) >= 11 is 19.5. The van der Waals surface area contributed by atoms with Gasteiger partial charge in [-0.3, -0.25) is 9.80 Å². The summed E-state index contributed by atoms with van der Waals surface area (Å²) in [6.07, 6.45) is -0.179. The number of nitrogens with zero attached hydrogens (tertiary/aromatic N) is 2. The smallest absolute Gasteiger partial charge is 0.129 e. The van der Waals surface area contributed by atoms with Crippen molar-refractivity contribution < 1.29 is 4.39 Å². The summed E-state index contributed by atoms with van der Waals surface area (Å²) in [5.41, 5.74) is 3.82. The third-order valence-electron chi connectivity index (χ3n) is 5.68. The van der Waals surface area contributed by atoms with E-state index in [0.717, 1.165) is 25.2 Å². The second-order valence-corrected chi connectivity index (χ2v) is 8.80. The number of hydrogen-bond donors (Lipinski definition) is 0. The lowest BCUT2D eigenvalue weighted by atomic mass is 10.1. The first kappa shape index (κ1) is 21.6. The minimum Gasteiger partial charge on any atom is -0.278 e. The Kier molecular flexibility index (Phi) is 6.66. The number of rotatable bonds is 5. The fourth-order valence-corrected chi connectivity index (χ4v) is 4.89. The molecule has 0 spiro atoms. The Bertz CT molecular complexity index is 1020. The topological polar surface area (TPSA) is 6.48 Å². The SMILES string of the molecule is Cc1ccccc1CN1CCN(Cc2c(F)cccc2Cl)[C@@H]1c1c(Cl)cccc1Cl. The molecule has 2 nitrogen and oxygen atoms in total. The molecule has 3 aromatic rings. The molecule has 156 valence electrons. The molecular weight excluding hydrogens is 442 g/mol. The summed E-state index contributed by atoms with van der Waals surface area (Å²) in [5, 5.41) is 1.64. The molecule has 1 atom stereocenters. The summed E-state index contributed by atoms with van der Waals surface area (Å²) < 4.78 is 14.5. The second-order valence-electron chi connectivity index (χ2n) is 7.58. The van der Waals surface area contributed by atoms with Crippen molar-refractivity contribution in [1.82, 2.24) is 9.80 Å². The van der Waals surface area contributed by atoms with Gasteiger partial charge >= 0.3 is 0 Å². The van der Waals surface area contributed by atoms with E-state index in [9.17, 15) is 4.39 Å². The summed E-state index contributed by atoms with van der Waals surface area (Å²) in [5.74, 6) is -0.302. The predicted octanol–water partition coefficient (Wildman–Crippen LogP) is 7.11. The van der Waals surface area contributed by atoms with Gasteiger partial charge in [-0.2, -0.15) is 0 Å². The fourth-order valence-electron chi connectivity index (χ4n) is 4.08. The molecule has 3 aromatic carbocycles. The van der Waals surface area contributed by atoms with Gasteiger partial charge in [-0.15, -0.1) is 0 Å². The highest BCUT2D eigenvalue weighted by molar-refractivity contribution is 6.36. The number of halogens is 4. The Balaban J connectivity index is 1.72. The standard InChI is InChI=1S/C24H22Cl3FN2/c1-16-6-2-3-7-17(16)14-29-12-13-30(15-18-19(25)8-5-11-22(18)28)24(29)23-20(26)9-4-10-21(23)27/h2-11,24H,12-15H2,1H3/t24-/m1/s1. The molecule has 0 amide bonds. The van der Waals surface area contributed by atoms with Crippen molar-refractivity contribution in [3.63, 3.8) is 0 Å². The number of aryl methyl sites for hydroxylation is 1. The van der Waals surface area contributed by atoms with Crippen LogP contribution >= 0.6 is 34.8 Å². The van der Waals surface area contributed by atoms with Crippen LogP contribution in [0, 0.1) is 12.7 Å². The molecule has 1 aliphatic rings. The second kappa shape index (κ2) is 9.25. The van der Waals surface area contributed by atoms with Gasteiger partial charge in [0, 0.05) is 52.4 Å². The lowest BCUT2D eigenvalue weighted by Gasteiger charge is -2.32. The summed E-state index contributed by atoms with van der Waals surface area (Å²) in [6, 6.07) is 18.7. The largest absolute Gasteiger partial charge is 0.278 e. The monoisotopic (exact) mass is 462 g/mol. The Morgan fingerprint density at radius 1 is 0.800 bits per heavy atom. The van der Waals surface area contributed by atoms with Gasteiger partial charge in [0.25, 0.3) is 0 Å². The van der Waals surface area contributed by atoms with Gasteiger partial charge in [0.05, 0.1) is 6.17 Å². The van der Waals surface area contributed by atoms with Gasteiger partial charge in [-0.1, -0.05) is 71.2 Å². The maximum Gasteiger partial charge on any atom is 0.129 e. The van der Waals surface area contributed by atoms with Gasteiger partial charge in [-0.05, 0) is 42.3 Å². The van der Waals surface area contributed by atoms with E-state index < -0.39 is 0 Å². The van der Waals surface area contributed by atoms with E-state index in [1.165, 1.54) is 17.2 Å². The molecule has 0 saturated carbocycles. The minimum atomic E-state index is -0.302. The quantitative estimate of drug-likeness (QED) is 0.398. The van der Waals surface area contributed by atoms with E-state index in [1.807, 2.05) is 30.3 Å². The zero-order valence-corrected chi connectivity index (χ0v) is 18.9. The number of hydrogen-bond acceptors (Lipinski definition) is 2. The molecule has 0 radical (unpaired) electrons. The van der Waals surface area contributed by atoms with E-state index in [4.69, 9.17) is 34.8 Å². The maximum absolute atomic E-state index is 14.5. The molecule has 0 aromatic heterocycles. The molecule has 1 fully saturated rings. The van der Waals surface area contributed by atoms with Crippen LogP contribution in [0.4, 0.5) is 4.39 Å². The van der Waals surface area contributed by atoms with E-state index in [2.05, 4.69) is 28.9 Å². The van der Waals surface area contributed by atoms with Crippen molar-refractivity contribution >= 4 is 34.8 Å². The van der Waals surface area contributed by atoms with Crippen LogP contribution in [-0.2, 0) is 13.1 Å². The number of benzene rings is 3. The van der Waals surface area contributed by atoms with Crippen molar-refractivity contribution in [2.75, 3.05) is 13.1 Å². The van der Waals surface area contributed by atoms with Crippen LogP contribution in [0.1, 0.15) is 28.4 Å². The van der Waals surface area contributed by atoms with Gasteiger partial charge in [0.2, 0.25) is 0 Å². The van der Waals surface area contributed by atoms with Crippen LogP contribution in [0.15, 0.2) is 60.7 Å². The zero-order valence-electron chi connectivity index (χ0n) is 16.6. The third-order valence-corrected chi connectivity index (χ3v) is 6.69. The highest BCUT2D eigenvalue weighted by Crippen LogP contribution is 2.40. The third kappa shape index (κ3) is 4.37. The first-order chi connectivity index (χ1) is 14.5. The van der Waals surface area contributed by atoms with Gasteiger partial charge in [0.1, 0.15) is 5.82 Å². The Morgan fingerprint density at radius 3 is 2.07 bits per heavy atom. The average Bonchev–Trinajstić information content (AvgIpc) is 3.09. The molecule has 0 unspecified atom stereocenters.